The summed E-state index contributed by atoms with van der Waals surface area (Å²) >= 11 is 0. The molecule has 0 bridgehead atoms. The minimum absolute atomic E-state index is 0.213. The van der Waals surface area contributed by atoms with Crippen molar-refractivity contribution < 1.29 is 19.1 Å². The van der Waals surface area contributed by atoms with Crippen LogP contribution in [0.4, 0.5) is 4.79 Å². The summed E-state index contributed by atoms with van der Waals surface area (Å²) in [6, 6.07) is 6.50. The molecule has 2 amide bonds. The average molecular weight is 332 g/mol. The summed E-state index contributed by atoms with van der Waals surface area (Å²) < 4.78 is 10.1. The van der Waals surface area contributed by atoms with E-state index >= 15 is 0 Å². The second-order valence-electron chi connectivity index (χ2n) is 6.15. The SMILES string of the molecule is COC(=O)C1=C(C)N(CC(C)C)C(=O)NC1c1ccc(OC)cc1. The lowest BCUT2D eigenvalue weighted by molar-refractivity contribution is -0.136. The van der Waals surface area contributed by atoms with Crippen LogP contribution in [-0.2, 0) is 9.53 Å². The first-order valence-electron chi connectivity index (χ1n) is 7.90. The molecule has 6 heteroatoms. The number of hydrogen-bond acceptors (Lipinski definition) is 4. The quantitative estimate of drug-likeness (QED) is 0.842. The highest BCUT2D eigenvalue weighted by Crippen LogP contribution is 2.32. The lowest BCUT2D eigenvalue weighted by Crippen LogP contribution is -2.49. The van der Waals surface area contributed by atoms with Crippen LogP contribution in [-0.4, -0.2) is 37.7 Å². The molecule has 24 heavy (non-hydrogen) atoms. The summed E-state index contributed by atoms with van der Waals surface area (Å²) in [6.07, 6.45) is 0. The number of ether oxygens (including phenoxy) is 2. The zero-order valence-electron chi connectivity index (χ0n) is 14.8. The van der Waals surface area contributed by atoms with E-state index in [9.17, 15) is 9.59 Å². The maximum Gasteiger partial charge on any atom is 0.337 e. The van der Waals surface area contributed by atoms with E-state index in [1.165, 1.54) is 7.11 Å². The minimum Gasteiger partial charge on any atom is -0.497 e. The van der Waals surface area contributed by atoms with E-state index in [-0.39, 0.29) is 11.9 Å². The summed E-state index contributed by atoms with van der Waals surface area (Å²) in [5.41, 5.74) is 1.87. The fourth-order valence-electron chi connectivity index (χ4n) is 2.79. The molecule has 1 N–H and O–H groups in total. The maximum absolute atomic E-state index is 12.5. The van der Waals surface area contributed by atoms with Crippen LogP contribution in [0, 0.1) is 5.92 Å². The van der Waals surface area contributed by atoms with Gasteiger partial charge in [0.1, 0.15) is 5.75 Å². The maximum atomic E-state index is 12.5. The molecule has 0 fully saturated rings. The average Bonchev–Trinajstić information content (AvgIpc) is 2.57. The van der Waals surface area contributed by atoms with E-state index < -0.39 is 12.0 Å². The lowest BCUT2D eigenvalue weighted by atomic mass is 9.94. The Morgan fingerprint density at radius 3 is 2.38 bits per heavy atom. The van der Waals surface area contributed by atoms with E-state index in [2.05, 4.69) is 5.32 Å². The van der Waals surface area contributed by atoms with Gasteiger partial charge >= 0.3 is 12.0 Å². The van der Waals surface area contributed by atoms with Crippen molar-refractivity contribution in [3.05, 3.63) is 41.1 Å². The van der Waals surface area contributed by atoms with Crippen molar-refractivity contribution in [2.75, 3.05) is 20.8 Å². The van der Waals surface area contributed by atoms with Crippen LogP contribution in [0.25, 0.3) is 0 Å². The van der Waals surface area contributed by atoms with E-state index in [0.29, 0.717) is 23.6 Å². The largest absolute Gasteiger partial charge is 0.497 e. The van der Waals surface area contributed by atoms with Gasteiger partial charge in [0.15, 0.2) is 0 Å². The number of benzene rings is 1. The van der Waals surface area contributed by atoms with Gasteiger partial charge in [0, 0.05) is 12.2 Å². The number of nitrogens with one attached hydrogen (secondary N) is 1. The number of urea groups is 1. The molecule has 130 valence electrons. The molecule has 1 heterocycles. The highest BCUT2D eigenvalue weighted by atomic mass is 16.5. The zero-order valence-corrected chi connectivity index (χ0v) is 14.8. The van der Waals surface area contributed by atoms with E-state index in [4.69, 9.17) is 9.47 Å². The van der Waals surface area contributed by atoms with Gasteiger partial charge in [-0.25, -0.2) is 9.59 Å². The van der Waals surface area contributed by atoms with Crippen molar-refractivity contribution in [3.63, 3.8) is 0 Å². The van der Waals surface area contributed by atoms with Crippen molar-refractivity contribution in [3.8, 4) is 5.75 Å². The van der Waals surface area contributed by atoms with Crippen LogP contribution in [0.3, 0.4) is 0 Å². The van der Waals surface area contributed by atoms with E-state index in [1.807, 2.05) is 26.0 Å². The Balaban J connectivity index is 2.47. The predicted molar refractivity (Wildman–Crippen MR) is 90.5 cm³/mol. The molecule has 0 saturated heterocycles. The van der Waals surface area contributed by atoms with Crippen molar-refractivity contribution in [2.24, 2.45) is 5.92 Å². The summed E-state index contributed by atoms with van der Waals surface area (Å²) in [7, 11) is 2.93. The van der Waals surface area contributed by atoms with Gasteiger partial charge in [-0.2, -0.15) is 0 Å². The highest BCUT2D eigenvalue weighted by Gasteiger charge is 2.36. The standard InChI is InChI=1S/C18H24N2O4/c1-11(2)10-20-12(3)15(17(21)24-5)16(19-18(20)22)13-6-8-14(23-4)9-7-13/h6-9,11,16H,10H2,1-5H3,(H,19,22). The van der Waals surface area contributed by atoms with Gasteiger partial charge in [-0.1, -0.05) is 26.0 Å². The molecule has 1 atom stereocenters. The molecule has 0 spiro atoms. The highest BCUT2D eigenvalue weighted by molar-refractivity contribution is 5.95. The number of carbonyl (C=O) groups is 2. The van der Waals surface area contributed by atoms with Crippen molar-refractivity contribution >= 4 is 12.0 Å². The molecule has 0 aliphatic carbocycles. The van der Waals surface area contributed by atoms with E-state index in [0.717, 1.165) is 5.56 Å². The van der Waals surface area contributed by atoms with Crippen LogP contribution < -0.4 is 10.1 Å². The first-order valence-corrected chi connectivity index (χ1v) is 7.90. The lowest BCUT2D eigenvalue weighted by Gasteiger charge is -2.36. The molecule has 1 aliphatic heterocycles. The molecule has 0 saturated carbocycles. The molecular formula is C18H24N2O4. The third-order valence-corrected chi connectivity index (χ3v) is 4.00. The van der Waals surface area contributed by atoms with Crippen molar-refractivity contribution in [2.45, 2.75) is 26.8 Å². The monoisotopic (exact) mass is 332 g/mol. The molecule has 1 aliphatic rings. The first-order chi connectivity index (χ1) is 11.4. The van der Waals surface area contributed by atoms with Crippen LogP contribution in [0.5, 0.6) is 5.75 Å². The summed E-state index contributed by atoms with van der Waals surface area (Å²) in [5.74, 6) is 0.548. The second-order valence-corrected chi connectivity index (χ2v) is 6.15. The number of amides is 2. The smallest absolute Gasteiger partial charge is 0.337 e. The number of esters is 1. The van der Waals surface area contributed by atoms with E-state index in [1.54, 1.807) is 31.1 Å². The number of allylic oxidation sites excluding steroid dienone is 1. The fourth-order valence-corrected chi connectivity index (χ4v) is 2.79. The van der Waals surface area contributed by atoms with Gasteiger partial charge in [0.05, 0.1) is 25.8 Å². The molecular weight excluding hydrogens is 308 g/mol. The summed E-state index contributed by atoms with van der Waals surface area (Å²) in [6.45, 7) is 6.36. The normalized spacial score (nSPS) is 17.8. The summed E-state index contributed by atoms with van der Waals surface area (Å²) in [5, 5.41) is 2.91. The third-order valence-electron chi connectivity index (χ3n) is 4.00. The van der Waals surface area contributed by atoms with Crippen LogP contribution in [0.1, 0.15) is 32.4 Å². The molecule has 0 aromatic heterocycles. The Morgan fingerprint density at radius 1 is 1.25 bits per heavy atom. The van der Waals surface area contributed by atoms with Crippen molar-refractivity contribution in [1.82, 2.24) is 10.2 Å². The van der Waals surface area contributed by atoms with Gasteiger partial charge in [-0.15, -0.1) is 0 Å². The molecule has 1 aromatic rings. The van der Waals surface area contributed by atoms with Gasteiger partial charge < -0.3 is 14.8 Å². The van der Waals surface area contributed by atoms with Gasteiger partial charge in [-0.05, 0) is 30.5 Å². The van der Waals surface area contributed by atoms with Crippen LogP contribution in [0.2, 0.25) is 0 Å². The van der Waals surface area contributed by atoms with Crippen molar-refractivity contribution in [1.29, 1.82) is 0 Å². The van der Waals surface area contributed by atoms with Crippen LogP contribution in [0.15, 0.2) is 35.5 Å². The Hall–Kier alpha value is -2.50. The number of nitrogens with zero attached hydrogens (tertiary/aromatic N) is 1. The first kappa shape index (κ1) is 17.8. The number of carbonyl (C=O) groups excluding carboxylic acids is 2. The molecule has 1 aromatic carbocycles. The van der Waals surface area contributed by atoms with Gasteiger partial charge in [0.2, 0.25) is 0 Å². The third kappa shape index (κ3) is 3.53. The zero-order chi connectivity index (χ0) is 17.9. The Morgan fingerprint density at radius 2 is 1.88 bits per heavy atom. The molecule has 6 nitrogen and oxygen atoms in total. The Bertz CT molecular complexity index is 649. The topological polar surface area (TPSA) is 67.9 Å². The number of rotatable bonds is 5. The molecule has 0 radical (unpaired) electrons. The predicted octanol–water partition coefficient (Wildman–Crippen LogP) is 2.86. The van der Waals surface area contributed by atoms with Crippen LogP contribution >= 0.6 is 0 Å². The van der Waals surface area contributed by atoms with Gasteiger partial charge in [0.25, 0.3) is 0 Å². The minimum atomic E-state index is -0.542. The number of hydrogen-bond donors (Lipinski definition) is 1. The molecule has 2 rings (SSSR count). The second kappa shape index (κ2) is 7.38. The molecule has 1 unspecified atom stereocenters. The fraction of sp³-hybridized carbons (Fsp3) is 0.444. The number of methoxy groups -OCH3 is 2. The van der Waals surface area contributed by atoms with Gasteiger partial charge in [-0.3, -0.25) is 4.90 Å². The Kier molecular flexibility index (Phi) is 5.49. The summed E-state index contributed by atoms with van der Waals surface area (Å²) in [4.78, 5) is 26.4. The Labute approximate surface area is 142 Å².